The quantitative estimate of drug-likeness (QED) is 0.848. The Labute approximate surface area is 103 Å². The molecule has 0 spiro atoms. The summed E-state index contributed by atoms with van der Waals surface area (Å²) in [5.41, 5.74) is 1.22. The van der Waals surface area contributed by atoms with Crippen LogP contribution in [0, 0.1) is 5.92 Å². The van der Waals surface area contributed by atoms with Crippen LogP contribution in [0.1, 0.15) is 32.4 Å². The lowest BCUT2D eigenvalue weighted by Crippen LogP contribution is -2.35. The van der Waals surface area contributed by atoms with Crippen molar-refractivity contribution in [1.82, 2.24) is 14.9 Å². The normalized spacial score (nSPS) is 21.0. The predicted molar refractivity (Wildman–Crippen MR) is 67.9 cm³/mol. The van der Waals surface area contributed by atoms with Gasteiger partial charge in [-0.3, -0.25) is 0 Å². The fraction of sp³-hybridized carbons (Fsp3) is 0.769. The van der Waals surface area contributed by atoms with E-state index in [0.29, 0.717) is 0 Å². The molecule has 1 saturated heterocycles. The van der Waals surface area contributed by atoms with Gasteiger partial charge in [-0.2, -0.15) is 0 Å². The van der Waals surface area contributed by atoms with Crippen LogP contribution in [0.5, 0.6) is 0 Å². The molecule has 0 radical (unpaired) electrons. The summed E-state index contributed by atoms with van der Waals surface area (Å²) in [6.45, 7) is 7.26. The van der Waals surface area contributed by atoms with Crippen molar-refractivity contribution in [3.05, 3.63) is 18.2 Å². The predicted octanol–water partition coefficient (Wildman–Crippen LogP) is 1.76. The number of imidazole rings is 1. The minimum absolute atomic E-state index is 0.0251. The maximum Gasteiger partial charge on any atom is 0.0948 e. The Morgan fingerprint density at radius 3 is 3.06 bits per heavy atom. The number of hydrogen-bond donors (Lipinski definition) is 1. The van der Waals surface area contributed by atoms with Crippen LogP contribution < -0.4 is 5.32 Å². The lowest BCUT2D eigenvalue weighted by Gasteiger charge is -2.25. The summed E-state index contributed by atoms with van der Waals surface area (Å²) >= 11 is 0. The zero-order valence-electron chi connectivity index (χ0n) is 11.1. The molecule has 0 aromatic carbocycles. The molecule has 1 aromatic rings. The van der Waals surface area contributed by atoms with Gasteiger partial charge < -0.3 is 14.6 Å². The van der Waals surface area contributed by atoms with Crippen molar-refractivity contribution >= 4 is 0 Å². The van der Waals surface area contributed by atoms with E-state index in [-0.39, 0.29) is 5.54 Å². The van der Waals surface area contributed by atoms with E-state index in [0.717, 1.165) is 25.7 Å². The summed E-state index contributed by atoms with van der Waals surface area (Å²) < 4.78 is 7.67. The number of nitrogens with zero attached hydrogens (tertiary/aromatic N) is 2. The molecule has 4 nitrogen and oxygen atoms in total. The van der Waals surface area contributed by atoms with E-state index in [9.17, 15) is 0 Å². The number of aryl methyl sites for hydroxylation is 1. The topological polar surface area (TPSA) is 39.1 Å². The van der Waals surface area contributed by atoms with E-state index in [4.69, 9.17) is 4.74 Å². The first-order chi connectivity index (χ1) is 8.13. The second-order valence-corrected chi connectivity index (χ2v) is 5.37. The van der Waals surface area contributed by atoms with Gasteiger partial charge in [0.1, 0.15) is 0 Å². The van der Waals surface area contributed by atoms with Crippen molar-refractivity contribution in [2.45, 2.75) is 38.8 Å². The largest absolute Gasteiger partial charge is 0.381 e. The van der Waals surface area contributed by atoms with Crippen molar-refractivity contribution < 1.29 is 4.74 Å². The lowest BCUT2D eigenvalue weighted by molar-refractivity contribution is 0.183. The van der Waals surface area contributed by atoms with E-state index in [1.807, 2.05) is 19.6 Å². The summed E-state index contributed by atoms with van der Waals surface area (Å²) in [7, 11) is 1.99. The maximum atomic E-state index is 5.41. The Hall–Kier alpha value is -0.870. The molecule has 0 saturated carbocycles. The molecule has 0 bridgehead atoms. The first-order valence-corrected chi connectivity index (χ1v) is 6.41. The smallest absolute Gasteiger partial charge is 0.0948 e. The highest BCUT2D eigenvalue weighted by Gasteiger charge is 2.23. The molecule has 1 fully saturated rings. The molecule has 1 N–H and O–H groups in total. The van der Waals surface area contributed by atoms with Gasteiger partial charge in [0, 0.05) is 26.0 Å². The first-order valence-electron chi connectivity index (χ1n) is 6.41. The molecule has 1 atom stereocenters. The van der Waals surface area contributed by atoms with E-state index >= 15 is 0 Å². The van der Waals surface area contributed by atoms with Crippen LogP contribution >= 0.6 is 0 Å². The molecule has 0 aliphatic carbocycles. The summed E-state index contributed by atoms with van der Waals surface area (Å²) in [6, 6.07) is 0. The third-order valence-electron chi connectivity index (χ3n) is 3.78. The Bertz CT molecular complexity index is 353. The maximum absolute atomic E-state index is 5.41. The van der Waals surface area contributed by atoms with Gasteiger partial charge in [-0.15, -0.1) is 0 Å². The summed E-state index contributed by atoms with van der Waals surface area (Å²) in [5, 5.41) is 3.33. The van der Waals surface area contributed by atoms with Crippen LogP contribution in [0.4, 0.5) is 0 Å². The second-order valence-electron chi connectivity index (χ2n) is 5.37. The van der Waals surface area contributed by atoms with Gasteiger partial charge in [0.2, 0.25) is 0 Å². The average molecular weight is 237 g/mol. The van der Waals surface area contributed by atoms with E-state index in [2.05, 4.69) is 28.7 Å². The molecular formula is C13H23N3O. The monoisotopic (exact) mass is 237 g/mol. The average Bonchev–Trinajstić information content (AvgIpc) is 2.97. The standard InChI is InChI=1S/C13H23N3O/c1-13(2,14-3)12-8-15-10-16(12)6-4-11-5-7-17-9-11/h8,10-11,14H,4-7,9H2,1-3H3. The highest BCUT2D eigenvalue weighted by atomic mass is 16.5. The van der Waals surface area contributed by atoms with Gasteiger partial charge >= 0.3 is 0 Å². The van der Waals surface area contributed by atoms with Gasteiger partial charge in [0.05, 0.1) is 17.6 Å². The van der Waals surface area contributed by atoms with Crippen molar-refractivity contribution in [2.24, 2.45) is 5.92 Å². The molecule has 0 amide bonds. The summed E-state index contributed by atoms with van der Waals surface area (Å²) in [6.07, 6.45) is 6.29. The third kappa shape index (κ3) is 2.87. The molecule has 1 aromatic heterocycles. The van der Waals surface area contributed by atoms with E-state index in [1.54, 1.807) is 0 Å². The zero-order chi connectivity index (χ0) is 12.3. The first kappa shape index (κ1) is 12.6. The van der Waals surface area contributed by atoms with Crippen molar-refractivity contribution in [1.29, 1.82) is 0 Å². The number of rotatable bonds is 5. The minimum Gasteiger partial charge on any atom is -0.381 e. The van der Waals surface area contributed by atoms with Crippen molar-refractivity contribution in [3.63, 3.8) is 0 Å². The molecule has 2 rings (SSSR count). The molecule has 17 heavy (non-hydrogen) atoms. The fourth-order valence-corrected chi connectivity index (χ4v) is 2.28. The highest BCUT2D eigenvalue weighted by Crippen LogP contribution is 2.22. The van der Waals surface area contributed by atoms with Crippen LogP contribution in [0.25, 0.3) is 0 Å². The van der Waals surface area contributed by atoms with Gasteiger partial charge in [0.25, 0.3) is 0 Å². The zero-order valence-corrected chi connectivity index (χ0v) is 11.1. The Morgan fingerprint density at radius 2 is 2.41 bits per heavy atom. The minimum atomic E-state index is -0.0251. The molecule has 1 unspecified atom stereocenters. The Morgan fingerprint density at radius 1 is 1.59 bits per heavy atom. The van der Waals surface area contributed by atoms with Gasteiger partial charge in [0.15, 0.2) is 0 Å². The SMILES string of the molecule is CNC(C)(C)c1cncn1CCC1CCOC1. The molecular weight excluding hydrogens is 214 g/mol. The summed E-state index contributed by atoms with van der Waals surface area (Å²) in [5.74, 6) is 0.725. The van der Waals surface area contributed by atoms with Gasteiger partial charge in [-0.1, -0.05) is 0 Å². The van der Waals surface area contributed by atoms with Crippen molar-refractivity contribution in [3.8, 4) is 0 Å². The van der Waals surface area contributed by atoms with Crippen LogP contribution in [0.2, 0.25) is 0 Å². The molecule has 96 valence electrons. The molecule has 2 heterocycles. The highest BCUT2D eigenvalue weighted by molar-refractivity contribution is 5.10. The van der Waals surface area contributed by atoms with Crippen LogP contribution in [0.15, 0.2) is 12.5 Å². The van der Waals surface area contributed by atoms with Crippen LogP contribution in [-0.4, -0.2) is 29.8 Å². The number of hydrogen-bond acceptors (Lipinski definition) is 3. The van der Waals surface area contributed by atoms with Gasteiger partial charge in [-0.25, -0.2) is 4.98 Å². The molecule has 1 aliphatic rings. The fourth-order valence-electron chi connectivity index (χ4n) is 2.28. The molecule has 4 heteroatoms. The third-order valence-corrected chi connectivity index (χ3v) is 3.78. The van der Waals surface area contributed by atoms with Gasteiger partial charge in [-0.05, 0) is 39.7 Å². The van der Waals surface area contributed by atoms with E-state index in [1.165, 1.54) is 18.5 Å². The number of nitrogens with one attached hydrogen (secondary N) is 1. The van der Waals surface area contributed by atoms with Crippen LogP contribution in [0.3, 0.4) is 0 Å². The number of aromatic nitrogens is 2. The molecule has 1 aliphatic heterocycles. The second kappa shape index (κ2) is 5.19. The van der Waals surface area contributed by atoms with Crippen molar-refractivity contribution in [2.75, 3.05) is 20.3 Å². The lowest BCUT2D eigenvalue weighted by atomic mass is 10.0. The summed E-state index contributed by atoms with van der Waals surface area (Å²) in [4.78, 5) is 4.27. The Balaban J connectivity index is 1.98. The van der Waals surface area contributed by atoms with Crippen LogP contribution in [-0.2, 0) is 16.8 Å². The Kier molecular flexibility index (Phi) is 3.84. The van der Waals surface area contributed by atoms with E-state index < -0.39 is 0 Å². The number of ether oxygens (including phenoxy) is 1.